The molecule has 5 aromatic rings. The summed E-state index contributed by atoms with van der Waals surface area (Å²) >= 11 is 15.0. The summed E-state index contributed by atoms with van der Waals surface area (Å²) in [7, 11) is 0. The maximum Gasteiger partial charge on any atom is 0.246 e. The number of carbonyl (C=O) groups excluding carboxylic acids is 1. The fraction of sp³-hybridized carbons (Fsp3) is 0.103. The van der Waals surface area contributed by atoms with Crippen molar-refractivity contribution >= 4 is 77.8 Å². The number of rotatable bonds is 2. The number of aromatic nitrogens is 4. The lowest BCUT2D eigenvalue weighted by Gasteiger charge is -2.09. The fourth-order valence-electron chi connectivity index (χ4n) is 4.55. The smallest absolute Gasteiger partial charge is 0.246 e. The van der Waals surface area contributed by atoms with Crippen LogP contribution in [0, 0.1) is 6.92 Å². The van der Waals surface area contributed by atoms with Gasteiger partial charge in [-0.05, 0) is 65.3 Å². The first-order chi connectivity index (χ1) is 19.9. The van der Waals surface area contributed by atoms with Crippen molar-refractivity contribution in [2.45, 2.75) is 13.5 Å². The third kappa shape index (κ3) is 5.67. The predicted octanol–water partition coefficient (Wildman–Crippen LogP) is 7.04. The third-order valence-electron chi connectivity index (χ3n) is 6.34. The summed E-state index contributed by atoms with van der Waals surface area (Å²) in [5.41, 5.74) is 6.01. The van der Waals surface area contributed by atoms with Crippen LogP contribution in [0.3, 0.4) is 0 Å². The van der Waals surface area contributed by atoms with Crippen molar-refractivity contribution < 1.29 is 4.79 Å². The molecule has 1 amide bonds. The largest absolute Gasteiger partial charge is 0.324 e. The molecule has 2 aliphatic rings. The Hall–Kier alpha value is -3.51. The Morgan fingerprint density at radius 2 is 1.71 bits per heavy atom. The molecule has 204 valence electrons. The number of pyridine rings is 1. The highest BCUT2D eigenvalue weighted by Gasteiger charge is 2.25. The second-order valence-corrected chi connectivity index (χ2v) is 12.8. The van der Waals surface area contributed by atoms with Gasteiger partial charge in [0.1, 0.15) is 23.9 Å². The average Bonchev–Trinajstić information content (AvgIpc) is 3.43. The zero-order valence-corrected chi connectivity index (χ0v) is 26.2. The lowest BCUT2D eigenvalue weighted by atomic mass is 10.0. The first kappa shape index (κ1) is 27.6. The molecule has 0 radical (unpaired) electrons. The van der Waals surface area contributed by atoms with E-state index in [-0.39, 0.29) is 12.5 Å². The first-order valence-electron chi connectivity index (χ1n) is 12.4. The minimum Gasteiger partial charge on any atom is -0.324 e. The Balaban J connectivity index is 0.000000149. The molecule has 0 saturated carbocycles. The van der Waals surface area contributed by atoms with Crippen LogP contribution in [0.15, 0.2) is 91.2 Å². The molecule has 0 spiro atoms. The van der Waals surface area contributed by atoms with Crippen LogP contribution in [0.25, 0.3) is 5.00 Å². The normalized spacial score (nSPS) is 13.7. The second kappa shape index (κ2) is 11.8. The summed E-state index contributed by atoms with van der Waals surface area (Å²) in [4.78, 5) is 25.1. The maximum atomic E-state index is 11.7. The number of amides is 1. The predicted molar refractivity (Wildman–Crippen MR) is 170 cm³/mol. The van der Waals surface area contributed by atoms with Crippen LogP contribution in [0.1, 0.15) is 34.0 Å². The van der Waals surface area contributed by atoms with Gasteiger partial charge in [0.05, 0.1) is 26.6 Å². The average molecular weight is 710 g/mol. The molecule has 2 aliphatic heterocycles. The molecule has 0 fully saturated rings. The molecule has 5 heterocycles. The minimum absolute atomic E-state index is 0.109. The van der Waals surface area contributed by atoms with Gasteiger partial charge in [-0.3, -0.25) is 24.3 Å². The molecule has 0 atom stereocenters. The summed E-state index contributed by atoms with van der Waals surface area (Å²) in [6.45, 7) is 2.55. The maximum absolute atomic E-state index is 11.7. The van der Waals surface area contributed by atoms with E-state index in [1.165, 1.54) is 0 Å². The Morgan fingerprint density at radius 1 is 0.902 bits per heavy atom. The molecular weight excluding hydrogens is 690 g/mol. The number of hydrogen-bond donors (Lipinski definition) is 1. The highest BCUT2D eigenvalue weighted by Crippen LogP contribution is 2.36. The van der Waals surface area contributed by atoms with Crippen LogP contribution in [-0.4, -0.2) is 43.6 Å². The number of aryl methyl sites for hydroxylation is 1. The van der Waals surface area contributed by atoms with Gasteiger partial charge < -0.3 is 5.32 Å². The van der Waals surface area contributed by atoms with Gasteiger partial charge in [0.25, 0.3) is 0 Å². The molecule has 2 aromatic carbocycles. The molecule has 3 aromatic heterocycles. The Labute approximate surface area is 261 Å². The number of carbonyl (C=O) groups is 1. The Kier molecular flexibility index (Phi) is 7.94. The van der Waals surface area contributed by atoms with E-state index in [9.17, 15) is 4.79 Å². The number of nitrogens with zero attached hydrogens (tertiary/aromatic N) is 6. The standard InChI is InChI=1S/C15H10BrClN4S.C14H10BrN3O/c1-8-19-20-13-7-18-14(9-4-2-3-5-11(9)17)10-6-12(16)22-15(10)21(8)13;15-9-4-5-11-10(7-9)14(17-8-13(19)18-11)12-3-1-2-6-16-12/h2-6H,7H2,1H3;1-7H,8H2,(H,18,19). The van der Waals surface area contributed by atoms with E-state index in [4.69, 9.17) is 16.6 Å². The van der Waals surface area contributed by atoms with Gasteiger partial charge in [0.15, 0.2) is 5.82 Å². The number of benzodiazepines with no additional fused rings is 1. The van der Waals surface area contributed by atoms with Crippen LogP contribution in [0.4, 0.5) is 5.69 Å². The summed E-state index contributed by atoms with van der Waals surface area (Å²) in [6.07, 6.45) is 1.72. The number of aliphatic imine (C=N–C) groups is 2. The monoisotopic (exact) mass is 707 g/mol. The summed E-state index contributed by atoms with van der Waals surface area (Å²) in [6, 6.07) is 21.2. The number of fused-ring (bicyclic) bond motifs is 4. The zero-order chi connectivity index (χ0) is 28.5. The highest BCUT2D eigenvalue weighted by atomic mass is 79.9. The summed E-state index contributed by atoms with van der Waals surface area (Å²) < 4.78 is 4.04. The van der Waals surface area contributed by atoms with Gasteiger partial charge in [0.2, 0.25) is 5.91 Å². The SMILES string of the molecule is Cc1nnc2n1-c1sc(Br)cc1C(c1ccccc1Cl)=NC2.O=C1CN=C(c2ccccn2)c2cc(Br)ccc2N1. The van der Waals surface area contributed by atoms with Gasteiger partial charge in [-0.25, -0.2) is 0 Å². The van der Waals surface area contributed by atoms with Crippen molar-refractivity contribution in [3.63, 3.8) is 0 Å². The minimum atomic E-state index is -0.116. The number of nitrogens with one attached hydrogen (secondary N) is 1. The molecule has 0 saturated heterocycles. The van der Waals surface area contributed by atoms with Crippen molar-refractivity contribution in [3.8, 4) is 5.00 Å². The van der Waals surface area contributed by atoms with E-state index in [0.717, 1.165) is 64.4 Å². The number of anilines is 1. The van der Waals surface area contributed by atoms with Gasteiger partial charge in [-0.2, -0.15) is 0 Å². The van der Waals surface area contributed by atoms with Crippen molar-refractivity contribution in [3.05, 3.63) is 120 Å². The van der Waals surface area contributed by atoms with Gasteiger partial charge in [0, 0.05) is 32.4 Å². The first-order valence-corrected chi connectivity index (χ1v) is 15.2. The van der Waals surface area contributed by atoms with Crippen molar-refractivity contribution in [2.75, 3.05) is 11.9 Å². The summed E-state index contributed by atoms with van der Waals surface area (Å²) in [5.74, 6) is 1.59. The number of thiophene rings is 1. The third-order valence-corrected chi connectivity index (χ3v) is 8.79. The highest BCUT2D eigenvalue weighted by molar-refractivity contribution is 9.11. The van der Waals surface area contributed by atoms with Gasteiger partial charge in [-0.15, -0.1) is 21.5 Å². The van der Waals surface area contributed by atoms with Crippen LogP contribution in [0.5, 0.6) is 0 Å². The molecule has 0 bridgehead atoms. The van der Waals surface area contributed by atoms with E-state index in [1.54, 1.807) is 17.5 Å². The molecule has 12 heteroatoms. The van der Waals surface area contributed by atoms with Gasteiger partial charge in [-0.1, -0.05) is 51.8 Å². The Bertz CT molecular complexity index is 1850. The van der Waals surface area contributed by atoms with Crippen molar-refractivity contribution in [1.82, 2.24) is 19.7 Å². The van der Waals surface area contributed by atoms with E-state index in [0.29, 0.717) is 11.6 Å². The number of benzene rings is 2. The quantitative estimate of drug-likeness (QED) is 0.213. The lowest BCUT2D eigenvalue weighted by Crippen LogP contribution is -2.13. The summed E-state index contributed by atoms with van der Waals surface area (Å²) in [5, 5.41) is 13.0. The molecule has 0 aliphatic carbocycles. The molecular formula is C29H20Br2ClN7OS. The van der Waals surface area contributed by atoms with Crippen molar-refractivity contribution in [1.29, 1.82) is 0 Å². The number of hydrogen-bond acceptors (Lipinski definition) is 7. The lowest BCUT2D eigenvalue weighted by molar-refractivity contribution is -0.114. The fourth-order valence-corrected chi connectivity index (χ4v) is 6.78. The van der Waals surface area contributed by atoms with Gasteiger partial charge >= 0.3 is 0 Å². The topological polar surface area (TPSA) is 97.4 Å². The van der Waals surface area contributed by atoms with Crippen LogP contribution in [0.2, 0.25) is 5.02 Å². The molecule has 41 heavy (non-hydrogen) atoms. The molecule has 7 rings (SSSR count). The van der Waals surface area contributed by atoms with Crippen LogP contribution >= 0.6 is 54.8 Å². The molecule has 0 unspecified atom stereocenters. The van der Waals surface area contributed by atoms with Crippen LogP contribution in [-0.2, 0) is 11.3 Å². The van der Waals surface area contributed by atoms with Crippen molar-refractivity contribution in [2.24, 2.45) is 9.98 Å². The van der Waals surface area contributed by atoms with E-state index >= 15 is 0 Å². The van der Waals surface area contributed by atoms with E-state index in [1.807, 2.05) is 67.6 Å². The van der Waals surface area contributed by atoms with Crippen LogP contribution < -0.4 is 5.32 Å². The zero-order valence-electron chi connectivity index (χ0n) is 21.5. The van der Waals surface area contributed by atoms with E-state index in [2.05, 4.69) is 68.0 Å². The molecule has 8 nitrogen and oxygen atoms in total. The molecule has 1 N–H and O–H groups in total. The Morgan fingerprint density at radius 3 is 2.51 bits per heavy atom. The number of halogens is 3. The van der Waals surface area contributed by atoms with E-state index < -0.39 is 0 Å². The second-order valence-electron chi connectivity index (χ2n) is 9.03.